The second-order valence-corrected chi connectivity index (χ2v) is 28.6. The average molecular weight is 525 g/mol. The first-order valence-corrected chi connectivity index (χ1v) is 21.0. The van der Waals surface area contributed by atoms with E-state index in [1.807, 2.05) is 0 Å². The maximum Gasteiger partial charge on any atom is 0.192 e. The van der Waals surface area contributed by atoms with Gasteiger partial charge < -0.3 is 23.1 Å². The molecule has 0 aliphatic carbocycles. The van der Waals surface area contributed by atoms with Crippen LogP contribution in [0.25, 0.3) is 0 Å². The highest BCUT2D eigenvalue weighted by atomic mass is 28.4. The lowest BCUT2D eigenvalue weighted by Gasteiger charge is -2.50. The third-order valence-corrected chi connectivity index (χ3v) is 21.9. The fraction of sp³-hybridized carbons (Fsp3) is 1.00. The Morgan fingerprint density at radius 1 is 0.697 bits per heavy atom. The second-order valence-electron chi connectivity index (χ2n) is 14.3. The van der Waals surface area contributed by atoms with Crippen LogP contribution in [-0.4, -0.2) is 67.4 Å². The molecule has 0 spiro atoms. The van der Waals surface area contributed by atoms with E-state index in [0.717, 1.165) is 0 Å². The van der Waals surface area contributed by atoms with Crippen molar-refractivity contribution in [2.24, 2.45) is 0 Å². The van der Waals surface area contributed by atoms with E-state index in [4.69, 9.17) is 18.0 Å². The molecule has 1 saturated heterocycles. The summed E-state index contributed by atoms with van der Waals surface area (Å²) in [5.74, 6) is 0. The van der Waals surface area contributed by atoms with Gasteiger partial charge in [-0.15, -0.1) is 0 Å². The molecule has 1 fully saturated rings. The molecule has 1 N–H and O–H groups in total. The zero-order valence-corrected chi connectivity index (χ0v) is 27.1. The Morgan fingerprint density at radius 3 is 1.42 bits per heavy atom. The van der Waals surface area contributed by atoms with Crippen LogP contribution in [0, 0.1) is 0 Å². The standard InChI is InChI=1S/C24H53FO5Si3/c1-22(2,3)31(10,11)27-16-17-18(25)19(29-32(12,13)23(4,5)6)20(21(26)28-17)30-33(14,15)24(7,8)9/h17-21,26H,16H2,1-15H3/t17-,18-,19+,20-,21?/m1/s1. The summed E-state index contributed by atoms with van der Waals surface area (Å²) in [5.41, 5.74) is 0. The summed E-state index contributed by atoms with van der Waals surface area (Å²) in [6.45, 7) is 32.0. The first-order valence-electron chi connectivity index (χ1n) is 12.3. The van der Waals surface area contributed by atoms with Gasteiger partial charge in [0.05, 0.1) is 6.61 Å². The van der Waals surface area contributed by atoms with Crippen molar-refractivity contribution >= 4 is 25.0 Å². The molecule has 1 unspecified atom stereocenters. The van der Waals surface area contributed by atoms with Gasteiger partial charge in [0.25, 0.3) is 0 Å². The highest BCUT2D eigenvalue weighted by Crippen LogP contribution is 2.44. The fourth-order valence-corrected chi connectivity index (χ4v) is 6.41. The van der Waals surface area contributed by atoms with Crippen LogP contribution in [0.15, 0.2) is 0 Å². The van der Waals surface area contributed by atoms with Gasteiger partial charge >= 0.3 is 0 Å². The maximum atomic E-state index is 16.1. The number of hydrogen-bond donors (Lipinski definition) is 1. The molecule has 9 heteroatoms. The lowest BCUT2D eigenvalue weighted by atomic mass is 10.0. The van der Waals surface area contributed by atoms with Crippen molar-refractivity contribution in [3.8, 4) is 0 Å². The summed E-state index contributed by atoms with van der Waals surface area (Å²) in [5, 5.41) is 10.8. The van der Waals surface area contributed by atoms with Gasteiger partial charge in [0.15, 0.2) is 37.4 Å². The molecule has 0 bridgehead atoms. The van der Waals surface area contributed by atoms with Crippen molar-refractivity contribution in [2.75, 3.05) is 6.61 Å². The van der Waals surface area contributed by atoms with Crippen LogP contribution in [0.2, 0.25) is 54.4 Å². The first kappa shape index (κ1) is 31.4. The Labute approximate surface area is 206 Å². The molecule has 33 heavy (non-hydrogen) atoms. The molecular weight excluding hydrogens is 472 g/mol. The number of aliphatic hydroxyl groups is 1. The number of hydrogen-bond acceptors (Lipinski definition) is 5. The Bertz CT molecular complexity index is 650. The van der Waals surface area contributed by atoms with Crippen LogP contribution < -0.4 is 0 Å². The van der Waals surface area contributed by atoms with Gasteiger partial charge in [0, 0.05) is 0 Å². The van der Waals surface area contributed by atoms with Crippen LogP contribution in [0.1, 0.15) is 62.3 Å². The molecule has 1 aliphatic heterocycles. The van der Waals surface area contributed by atoms with Gasteiger partial charge in [-0.2, -0.15) is 0 Å². The monoisotopic (exact) mass is 524 g/mol. The lowest BCUT2D eigenvalue weighted by molar-refractivity contribution is -0.267. The number of aliphatic hydroxyl groups excluding tert-OH is 1. The Hall–Kier alpha value is 0.381. The van der Waals surface area contributed by atoms with Gasteiger partial charge in [-0.25, -0.2) is 4.39 Å². The minimum Gasteiger partial charge on any atom is -0.414 e. The lowest BCUT2D eigenvalue weighted by Crippen LogP contribution is -2.65. The van der Waals surface area contributed by atoms with Crippen LogP contribution in [-0.2, 0) is 18.0 Å². The molecule has 0 aromatic heterocycles. The largest absolute Gasteiger partial charge is 0.414 e. The van der Waals surface area contributed by atoms with Gasteiger partial charge in [0.2, 0.25) is 0 Å². The Balaban J connectivity index is 3.28. The predicted molar refractivity (Wildman–Crippen MR) is 143 cm³/mol. The zero-order chi connectivity index (χ0) is 26.4. The molecule has 0 amide bonds. The van der Waals surface area contributed by atoms with Gasteiger partial charge in [-0.05, 0) is 54.4 Å². The second kappa shape index (κ2) is 10.0. The van der Waals surface area contributed by atoms with Gasteiger partial charge in [-0.1, -0.05) is 62.3 Å². The number of alkyl halides is 1. The van der Waals surface area contributed by atoms with E-state index < -0.39 is 55.7 Å². The first-order chi connectivity index (χ1) is 14.3. The van der Waals surface area contributed by atoms with Gasteiger partial charge in [-0.3, -0.25) is 0 Å². The molecule has 198 valence electrons. The number of rotatable bonds is 7. The third kappa shape index (κ3) is 7.44. The third-order valence-electron chi connectivity index (χ3n) is 8.48. The highest BCUT2D eigenvalue weighted by molar-refractivity contribution is 6.75. The molecule has 0 aromatic carbocycles. The molecule has 0 radical (unpaired) electrons. The topological polar surface area (TPSA) is 57.2 Å². The quantitative estimate of drug-likeness (QED) is 0.369. The molecular formula is C24H53FO5Si3. The van der Waals surface area contributed by atoms with Crippen molar-refractivity contribution in [3.63, 3.8) is 0 Å². The minimum absolute atomic E-state index is 0.00286. The van der Waals surface area contributed by atoms with Crippen LogP contribution >= 0.6 is 0 Å². The van der Waals surface area contributed by atoms with Crippen molar-refractivity contribution in [1.82, 2.24) is 0 Å². The maximum absolute atomic E-state index is 16.1. The van der Waals surface area contributed by atoms with E-state index in [9.17, 15) is 5.11 Å². The predicted octanol–water partition coefficient (Wildman–Crippen LogP) is 6.84. The van der Waals surface area contributed by atoms with Crippen LogP contribution in [0.5, 0.6) is 0 Å². The number of ether oxygens (including phenoxy) is 1. The molecule has 1 aliphatic rings. The van der Waals surface area contributed by atoms with Gasteiger partial charge in [0.1, 0.15) is 18.3 Å². The van der Waals surface area contributed by atoms with E-state index >= 15 is 4.39 Å². The molecule has 5 nitrogen and oxygen atoms in total. The molecule has 0 aromatic rings. The van der Waals surface area contributed by atoms with Crippen molar-refractivity contribution in [2.45, 2.75) is 147 Å². The molecule has 1 rings (SSSR count). The summed E-state index contributed by atoms with van der Waals surface area (Å²) in [6, 6.07) is 0. The van der Waals surface area contributed by atoms with Crippen LogP contribution in [0.3, 0.4) is 0 Å². The molecule has 0 saturated carbocycles. The Morgan fingerprint density at radius 2 is 1.06 bits per heavy atom. The number of halogens is 1. The summed E-state index contributed by atoms with van der Waals surface area (Å²) in [4.78, 5) is 0. The smallest absolute Gasteiger partial charge is 0.192 e. The van der Waals surface area contributed by atoms with E-state index in [1.54, 1.807) is 0 Å². The average Bonchev–Trinajstić information content (AvgIpc) is 2.56. The SMILES string of the molecule is CC(C)(C)[Si](C)(C)OC[C@H]1OC(O)[C@H](O[Si](C)(C)C(C)(C)C)[C@@H](O[Si](C)(C)C(C)(C)C)[C@@H]1F. The summed E-state index contributed by atoms with van der Waals surface area (Å²) in [7, 11) is -6.77. The van der Waals surface area contributed by atoms with E-state index in [2.05, 4.69) is 102 Å². The van der Waals surface area contributed by atoms with Crippen molar-refractivity contribution in [1.29, 1.82) is 0 Å². The summed E-state index contributed by atoms with van der Waals surface area (Å²) < 4.78 is 41.4. The normalized spacial score (nSPS) is 28.8. The van der Waals surface area contributed by atoms with E-state index in [0.29, 0.717) is 0 Å². The zero-order valence-electron chi connectivity index (χ0n) is 24.1. The Kier molecular flexibility index (Phi) is 9.55. The van der Waals surface area contributed by atoms with E-state index in [-0.39, 0.29) is 21.7 Å². The van der Waals surface area contributed by atoms with E-state index in [1.165, 1.54) is 0 Å². The highest BCUT2D eigenvalue weighted by Gasteiger charge is 2.54. The molecule has 5 atom stereocenters. The summed E-state index contributed by atoms with van der Waals surface area (Å²) in [6.07, 6.45) is -5.41. The minimum atomic E-state index is -2.35. The van der Waals surface area contributed by atoms with Crippen LogP contribution in [0.4, 0.5) is 4.39 Å². The summed E-state index contributed by atoms with van der Waals surface area (Å²) >= 11 is 0. The molecule has 1 heterocycles. The fourth-order valence-electron chi connectivity index (χ4n) is 2.82. The van der Waals surface area contributed by atoms with Crippen molar-refractivity contribution < 1.29 is 27.5 Å². The van der Waals surface area contributed by atoms with Crippen molar-refractivity contribution in [3.05, 3.63) is 0 Å².